The van der Waals surface area contributed by atoms with Crippen LogP contribution in [-0.4, -0.2) is 17.9 Å². The van der Waals surface area contributed by atoms with Crippen LogP contribution in [0.25, 0.3) is 0 Å². The molecule has 0 saturated heterocycles. The smallest absolute Gasteiger partial charge is 0.262 e. The van der Waals surface area contributed by atoms with Crippen molar-refractivity contribution in [1.29, 1.82) is 0 Å². The Morgan fingerprint density at radius 2 is 1.61 bits per heavy atom. The monoisotopic (exact) mass is 460 g/mol. The summed E-state index contributed by atoms with van der Waals surface area (Å²) in [5.74, 6) is -2.90. The highest BCUT2D eigenvalue weighted by Crippen LogP contribution is 2.39. The molecule has 1 aliphatic rings. The first-order valence-corrected chi connectivity index (χ1v) is 10.2. The summed E-state index contributed by atoms with van der Waals surface area (Å²) in [7, 11) is 0. The van der Waals surface area contributed by atoms with E-state index in [0.29, 0.717) is 33.0 Å². The van der Waals surface area contributed by atoms with Crippen LogP contribution in [0.15, 0.2) is 60.7 Å². The van der Waals surface area contributed by atoms with Crippen molar-refractivity contribution in [3.05, 3.63) is 93.5 Å². The number of nitrogens with zero attached hydrogens (tertiary/aromatic N) is 2. The van der Waals surface area contributed by atoms with Crippen molar-refractivity contribution in [1.82, 2.24) is 0 Å². The van der Waals surface area contributed by atoms with Gasteiger partial charge in [-0.2, -0.15) is 0 Å². The molecular weight excluding hydrogens is 445 g/mol. The quantitative estimate of drug-likeness (QED) is 0.491. The first-order chi connectivity index (χ1) is 14.8. The average Bonchev–Trinajstić information content (AvgIpc) is 2.73. The third-order valence-electron chi connectivity index (χ3n) is 5.20. The fourth-order valence-electron chi connectivity index (χ4n) is 3.64. The number of carbonyl (C=O) groups is 2. The molecule has 1 aliphatic heterocycles. The number of hydrogen-bond acceptors (Lipinski definition) is 2. The van der Waals surface area contributed by atoms with Crippen LogP contribution in [0.2, 0.25) is 10.0 Å². The minimum absolute atomic E-state index is 0.103. The number of halogens is 4. The van der Waals surface area contributed by atoms with Crippen LogP contribution >= 0.6 is 23.2 Å². The van der Waals surface area contributed by atoms with E-state index in [2.05, 4.69) is 0 Å². The van der Waals surface area contributed by atoms with Gasteiger partial charge in [0.25, 0.3) is 5.91 Å². The van der Waals surface area contributed by atoms with Gasteiger partial charge in [0.15, 0.2) is 0 Å². The molecular formula is C23H16Cl2F2N2O2. The molecule has 158 valence electrons. The molecule has 1 heterocycles. The van der Waals surface area contributed by atoms with Gasteiger partial charge in [0.1, 0.15) is 17.7 Å². The second kappa shape index (κ2) is 8.29. The summed E-state index contributed by atoms with van der Waals surface area (Å²) < 4.78 is 27.6. The van der Waals surface area contributed by atoms with Crippen LogP contribution in [0.3, 0.4) is 0 Å². The molecule has 4 nitrogen and oxygen atoms in total. The highest BCUT2D eigenvalue weighted by molar-refractivity contribution is 6.36. The maximum atomic E-state index is 14.3. The lowest BCUT2D eigenvalue weighted by Gasteiger charge is -2.40. The molecule has 1 atom stereocenters. The molecule has 0 fully saturated rings. The Morgan fingerprint density at radius 1 is 0.968 bits per heavy atom. The van der Waals surface area contributed by atoms with E-state index in [9.17, 15) is 18.4 Å². The van der Waals surface area contributed by atoms with Crippen LogP contribution in [0.1, 0.15) is 22.8 Å². The highest BCUT2D eigenvalue weighted by atomic mass is 35.5. The number of hydrogen-bond donors (Lipinski definition) is 0. The zero-order valence-electron chi connectivity index (χ0n) is 16.3. The van der Waals surface area contributed by atoms with Gasteiger partial charge in [-0.1, -0.05) is 41.4 Å². The molecule has 3 aromatic carbocycles. The summed E-state index contributed by atoms with van der Waals surface area (Å²) in [6, 6.07) is 13.6. The van der Waals surface area contributed by atoms with Gasteiger partial charge in [0.05, 0.1) is 23.5 Å². The Morgan fingerprint density at radius 3 is 2.26 bits per heavy atom. The Labute approximate surface area is 187 Å². The van der Waals surface area contributed by atoms with Gasteiger partial charge in [0.2, 0.25) is 5.91 Å². The zero-order valence-corrected chi connectivity index (χ0v) is 17.8. The maximum absolute atomic E-state index is 14.3. The van der Waals surface area contributed by atoms with Crippen molar-refractivity contribution in [3.8, 4) is 0 Å². The molecule has 4 rings (SSSR count). The van der Waals surface area contributed by atoms with Gasteiger partial charge < -0.3 is 4.90 Å². The van der Waals surface area contributed by atoms with E-state index in [4.69, 9.17) is 23.2 Å². The lowest BCUT2D eigenvalue weighted by atomic mass is 10.0. The number of para-hydroxylation sites is 2. The summed E-state index contributed by atoms with van der Waals surface area (Å²) in [6.45, 7) is 1.66. The van der Waals surface area contributed by atoms with Gasteiger partial charge in [-0.05, 0) is 43.3 Å². The summed E-state index contributed by atoms with van der Waals surface area (Å²) in [4.78, 5) is 29.2. The van der Waals surface area contributed by atoms with E-state index in [1.54, 1.807) is 49.4 Å². The number of anilines is 2. The van der Waals surface area contributed by atoms with Crippen molar-refractivity contribution in [2.75, 3.05) is 9.80 Å². The van der Waals surface area contributed by atoms with Crippen molar-refractivity contribution < 1.29 is 18.4 Å². The van der Waals surface area contributed by atoms with E-state index in [-0.39, 0.29) is 18.0 Å². The summed E-state index contributed by atoms with van der Waals surface area (Å²) in [5.41, 5.74) is 1.13. The minimum atomic E-state index is -0.993. The van der Waals surface area contributed by atoms with Crippen LogP contribution in [0.5, 0.6) is 0 Å². The Kier molecular flexibility index (Phi) is 5.69. The van der Waals surface area contributed by atoms with Gasteiger partial charge in [-0.15, -0.1) is 0 Å². The van der Waals surface area contributed by atoms with Crippen LogP contribution < -0.4 is 9.80 Å². The third kappa shape index (κ3) is 3.77. The molecule has 0 N–H and O–H groups in total. The lowest BCUT2D eigenvalue weighted by molar-refractivity contribution is -0.119. The van der Waals surface area contributed by atoms with E-state index >= 15 is 0 Å². The van der Waals surface area contributed by atoms with Gasteiger partial charge in [-0.3, -0.25) is 14.5 Å². The molecule has 3 aromatic rings. The van der Waals surface area contributed by atoms with Crippen LogP contribution in [-0.2, 0) is 11.3 Å². The first kappa shape index (κ1) is 21.3. The number of fused-ring (bicyclic) bond motifs is 1. The summed E-state index contributed by atoms with van der Waals surface area (Å²) >= 11 is 12.6. The molecule has 31 heavy (non-hydrogen) atoms. The van der Waals surface area contributed by atoms with Crippen molar-refractivity contribution >= 4 is 46.4 Å². The predicted octanol–water partition coefficient (Wildman–Crippen LogP) is 5.85. The second-order valence-corrected chi connectivity index (χ2v) is 7.90. The minimum Gasteiger partial charge on any atom is -0.304 e. The molecule has 0 radical (unpaired) electrons. The molecule has 8 heteroatoms. The maximum Gasteiger partial charge on any atom is 0.262 e. The topological polar surface area (TPSA) is 40.6 Å². The van der Waals surface area contributed by atoms with Gasteiger partial charge in [-0.25, -0.2) is 8.78 Å². The predicted molar refractivity (Wildman–Crippen MR) is 117 cm³/mol. The Bertz CT molecular complexity index is 1180. The molecule has 0 spiro atoms. The molecule has 1 unspecified atom stereocenters. The van der Waals surface area contributed by atoms with Crippen LogP contribution in [0, 0.1) is 11.6 Å². The van der Waals surface area contributed by atoms with E-state index in [1.165, 1.54) is 9.80 Å². The third-order valence-corrected chi connectivity index (χ3v) is 5.91. The first-order valence-electron chi connectivity index (χ1n) is 9.41. The van der Waals surface area contributed by atoms with Crippen molar-refractivity contribution in [2.45, 2.75) is 19.5 Å². The summed E-state index contributed by atoms with van der Waals surface area (Å²) in [5, 5.41) is 0.828. The standard InChI is InChI=1S/C23H16Cl2F2N2O2/c1-13-22(30)28(12-16-17(24)5-4-6-18(16)25)20-7-2-3-8-21(20)29(13)23(31)15-10-9-14(26)11-19(15)27/h2-11,13H,12H2,1H3. The van der Waals surface area contributed by atoms with Gasteiger partial charge in [0, 0.05) is 21.7 Å². The fraction of sp³-hybridized carbons (Fsp3) is 0.130. The second-order valence-electron chi connectivity index (χ2n) is 7.09. The van der Waals surface area contributed by atoms with Crippen LogP contribution in [0.4, 0.5) is 20.2 Å². The van der Waals surface area contributed by atoms with E-state index in [0.717, 1.165) is 12.1 Å². The molecule has 0 aliphatic carbocycles. The Hall–Kier alpha value is -2.96. The Balaban J connectivity index is 1.79. The number of benzene rings is 3. The largest absolute Gasteiger partial charge is 0.304 e. The molecule has 2 amide bonds. The normalized spacial score (nSPS) is 15.8. The zero-order chi connectivity index (χ0) is 22.3. The SMILES string of the molecule is CC1C(=O)N(Cc2c(Cl)cccc2Cl)c2ccccc2N1C(=O)c1ccc(F)cc1F. The van der Waals surface area contributed by atoms with E-state index < -0.39 is 23.6 Å². The molecule has 0 aromatic heterocycles. The van der Waals surface area contributed by atoms with Crippen molar-refractivity contribution in [2.24, 2.45) is 0 Å². The average molecular weight is 461 g/mol. The lowest BCUT2D eigenvalue weighted by Crippen LogP contribution is -2.54. The van der Waals surface area contributed by atoms with Gasteiger partial charge >= 0.3 is 0 Å². The summed E-state index contributed by atoms with van der Waals surface area (Å²) in [6.07, 6.45) is 0. The van der Waals surface area contributed by atoms with Crippen molar-refractivity contribution in [3.63, 3.8) is 0 Å². The van der Waals surface area contributed by atoms with E-state index in [1.807, 2.05) is 0 Å². The molecule has 0 saturated carbocycles. The number of amides is 2. The molecule has 0 bridgehead atoms. The highest BCUT2D eigenvalue weighted by Gasteiger charge is 2.39. The number of carbonyl (C=O) groups excluding carboxylic acids is 2. The fourth-order valence-corrected chi connectivity index (χ4v) is 4.16. The number of rotatable bonds is 3.